The number of carboxylic acid groups (broad SMARTS) is 1. The van der Waals surface area contributed by atoms with Crippen molar-refractivity contribution in [3.8, 4) is 11.1 Å². The predicted molar refractivity (Wildman–Crippen MR) is 133 cm³/mol. The van der Waals surface area contributed by atoms with Gasteiger partial charge in [-0.25, -0.2) is 4.79 Å². The highest BCUT2D eigenvalue weighted by Gasteiger charge is 2.46. The number of hydrogen-bond acceptors (Lipinski definition) is 4. The number of ether oxygens (including phenoxy) is 1. The van der Waals surface area contributed by atoms with Crippen molar-refractivity contribution in [3.05, 3.63) is 59.7 Å². The molecule has 0 bridgehead atoms. The fourth-order valence-corrected chi connectivity index (χ4v) is 5.11. The van der Waals surface area contributed by atoms with Gasteiger partial charge in [0.05, 0.1) is 12.0 Å². The molecule has 0 aromatic heterocycles. The van der Waals surface area contributed by atoms with Crippen LogP contribution in [-0.4, -0.2) is 41.3 Å². The Hall–Kier alpha value is -3.35. The number of hydrogen-bond donors (Lipinski definition) is 3. The summed E-state index contributed by atoms with van der Waals surface area (Å²) in [5, 5.41) is 15.0. The van der Waals surface area contributed by atoms with Crippen LogP contribution in [-0.2, 0) is 14.3 Å². The molecule has 186 valence electrons. The SMILES string of the molecule is CC(CC(=O)O)(NC(=O)[C@H](NC(=O)OCC1c2ccccc2-c2ccccc21)C(C)(C)C)C1CC1. The molecular weight excluding hydrogens is 444 g/mol. The van der Waals surface area contributed by atoms with Gasteiger partial charge in [0.1, 0.15) is 12.6 Å². The smallest absolute Gasteiger partial charge is 0.407 e. The molecule has 2 aliphatic carbocycles. The molecule has 4 rings (SSSR count). The number of nitrogens with one attached hydrogen (secondary N) is 2. The Morgan fingerprint density at radius 3 is 2.00 bits per heavy atom. The third kappa shape index (κ3) is 5.34. The van der Waals surface area contributed by atoms with Gasteiger partial charge >= 0.3 is 12.1 Å². The predicted octanol–water partition coefficient (Wildman–Crippen LogP) is 4.70. The summed E-state index contributed by atoms with van der Waals surface area (Å²) in [5.74, 6) is -1.32. The van der Waals surface area contributed by atoms with Crippen LogP contribution in [0, 0.1) is 11.3 Å². The zero-order valence-electron chi connectivity index (χ0n) is 20.8. The molecule has 0 aliphatic heterocycles. The first-order chi connectivity index (χ1) is 16.5. The van der Waals surface area contributed by atoms with Crippen molar-refractivity contribution < 1.29 is 24.2 Å². The number of carbonyl (C=O) groups is 3. The fourth-order valence-electron chi connectivity index (χ4n) is 5.11. The van der Waals surface area contributed by atoms with Crippen LogP contribution in [0.25, 0.3) is 11.1 Å². The number of fused-ring (bicyclic) bond motifs is 3. The number of alkyl carbamates (subject to hydrolysis) is 1. The maximum Gasteiger partial charge on any atom is 0.407 e. The van der Waals surface area contributed by atoms with E-state index in [1.54, 1.807) is 6.92 Å². The summed E-state index contributed by atoms with van der Waals surface area (Å²) in [6.07, 6.45) is 0.924. The molecule has 0 saturated heterocycles. The van der Waals surface area contributed by atoms with Crippen molar-refractivity contribution >= 4 is 18.0 Å². The zero-order valence-corrected chi connectivity index (χ0v) is 20.8. The average molecular weight is 479 g/mol. The molecule has 0 radical (unpaired) electrons. The second-order valence-corrected chi connectivity index (χ2v) is 11.0. The molecule has 0 spiro atoms. The average Bonchev–Trinajstić information content (AvgIpc) is 3.59. The Kier molecular flexibility index (Phi) is 6.62. The van der Waals surface area contributed by atoms with E-state index in [1.165, 1.54) is 0 Å². The molecule has 0 heterocycles. The second-order valence-electron chi connectivity index (χ2n) is 11.0. The Labute approximate surface area is 206 Å². The molecule has 1 saturated carbocycles. The molecule has 35 heavy (non-hydrogen) atoms. The van der Waals surface area contributed by atoms with Crippen LogP contribution in [0.5, 0.6) is 0 Å². The van der Waals surface area contributed by atoms with E-state index in [4.69, 9.17) is 4.74 Å². The molecule has 2 aliphatic rings. The van der Waals surface area contributed by atoms with E-state index in [9.17, 15) is 19.5 Å². The normalized spacial score (nSPS) is 17.5. The molecule has 2 atom stereocenters. The van der Waals surface area contributed by atoms with E-state index < -0.39 is 35.0 Å². The van der Waals surface area contributed by atoms with Gasteiger partial charge in [-0.15, -0.1) is 0 Å². The second kappa shape index (κ2) is 9.36. The lowest BCUT2D eigenvalue weighted by molar-refractivity contribution is -0.139. The van der Waals surface area contributed by atoms with Gasteiger partial charge in [0.25, 0.3) is 0 Å². The Morgan fingerprint density at radius 2 is 1.51 bits per heavy atom. The first-order valence-corrected chi connectivity index (χ1v) is 12.1. The fraction of sp³-hybridized carbons (Fsp3) is 0.464. The summed E-state index contributed by atoms with van der Waals surface area (Å²) in [6, 6.07) is 15.3. The van der Waals surface area contributed by atoms with E-state index >= 15 is 0 Å². The van der Waals surface area contributed by atoms with Gasteiger partial charge in [0, 0.05) is 5.92 Å². The summed E-state index contributed by atoms with van der Waals surface area (Å²) < 4.78 is 5.65. The van der Waals surface area contributed by atoms with Crippen molar-refractivity contribution in [2.45, 2.75) is 64.5 Å². The van der Waals surface area contributed by atoms with Crippen molar-refractivity contribution in [2.75, 3.05) is 6.61 Å². The van der Waals surface area contributed by atoms with E-state index in [-0.39, 0.29) is 24.9 Å². The van der Waals surface area contributed by atoms with Gasteiger partial charge < -0.3 is 20.5 Å². The summed E-state index contributed by atoms with van der Waals surface area (Å²) in [6.45, 7) is 7.48. The summed E-state index contributed by atoms with van der Waals surface area (Å²) in [4.78, 5) is 37.6. The Balaban J connectivity index is 1.44. The maximum atomic E-state index is 13.3. The van der Waals surface area contributed by atoms with Crippen LogP contribution in [0.15, 0.2) is 48.5 Å². The monoisotopic (exact) mass is 478 g/mol. The lowest BCUT2D eigenvalue weighted by Gasteiger charge is -2.35. The minimum atomic E-state index is -0.962. The molecule has 7 nitrogen and oxygen atoms in total. The lowest BCUT2D eigenvalue weighted by atomic mass is 9.84. The minimum Gasteiger partial charge on any atom is -0.481 e. The standard InChI is InChI=1S/C28H34N2O5/c1-27(2,3)24(25(33)30-28(4,15-23(31)32)17-13-14-17)29-26(34)35-16-22-20-11-7-5-9-18(20)19-10-6-8-12-21(19)22/h5-12,17,22,24H,13-16H2,1-4H3,(H,29,34)(H,30,33)(H,31,32)/t24-,28?/m0/s1. The van der Waals surface area contributed by atoms with Crippen molar-refractivity contribution in [3.63, 3.8) is 0 Å². The van der Waals surface area contributed by atoms with E-state index in [1.807, 2.05) is 57.2 Å². The highest BCUT2D eigenvalue weighted by Crippen LogP contribution is 2.44. The number of amides is 2. The van der Waals surface area contributed by atoms with Crippen molar-refractivity contribution in [2.24, 2.45) is 11.3 Å². The number of rotatable bonds is 8. The number of carbonyl (C=O) groups excluding carboxylic acids is 2. The molecule has 2 aromatic rings. The molecule has 1 fully saturated rings. The number of carboxylic acids is 1. The Morgan fingerprint density at radius 1 is 0.971 bits per heavy atom. The highest BCUT2D eigenvalue weighted by molar-refractivity contribution is 5.87. The maximum absolute atomic E-state index is 13.3. The molecule has 3 N–H and O–H groups in total. The molecule has 2 aromatic carbocycles. The van der Waals surface area contributed by atoms with Gasteiger partial charge in [-0.05, 0) is 53.4 Å². The first kappa shape index (κ1) is 24.8. The van der Waals surface area contributed by atoms with Crippen LogP contribution in [0.2, 0.25) is 0 Å². The highest BCUT2D eigenvalue weighted by atomic mass is 16.5. The van der Waals surface area contributed by atoms with Crippen LogP contribution >= 0.6 is 0 Å². The van der Waals surface area contributed by atoms with Crippen LogP contribution < -0.4 is 10.6 Å². The van der Waals surface area contributed by atoms with Crippen molar-refractivity contribution in [1.82, 2.24) is 10.6 Å². The van der Waals surface area contributed by atoms with Gasteiger partial charge in [-0.3, -0.25) is 9.59 Å². The van der Waals surface area contributed by atoms with Crippen LogP contribution in [0.1, 0.15) is 64.0 Å². The minimum absolute atomic E-state index is 0.0798. The largest absolute Gasteiger partial charge is 0.481 e. The topological polar surface area (TPSA) is 105 Å². The lowest BCUT2D eigenvalue weighted by Crippen LogP contribution is -2.59. The summed E-state index contributed by atoms with van der Waals surface area (Å²) in [7, 11) is 0. The van der Waals surface area contributed by atoms with Gasteiger partial charge in [0.2, 0.25) is 5.91 Å². The summed E-state index contributed by atoms with van der Waals surface area (Å²) in [5.41, 5.74) is 3.04. The van der Waals surface area contributed by atoms with Crippen LogP contribution in [0.3, 0.4) is 0 Å². The number of aliphatic carboxylic acids is 1. The summed E-state index contributed by atoms with van der Waals surface area (Å²) >= 11 is 0. The van der Waals surface area contributed by atoms with Crippen molar-refractivity contribution in [1.29, 1.82) is 0 Å². The third-order valence-electron chi connectivity index (χ3n) is 7.14. The first-order valence-electron chi connectivity index (χ1n) is 12.1. The van der Waals surface area contributed by atoms with E-state index in [0.717, 1.165) is 35.1 Å². The Bertz CT molecular complexity index is 1090. The van der Waals surface area contributed by atoms with E-state index in [2.05, 4.69) is 22.8 Å². The van der Waals surface area contributed by atoms with Gasteiger partial charge in [-0.2, -0.15) is 0 Å². The quantitative estimate of drug-likeness (QED) is 0.510. The molecule has 1 unspecified atom stereocenters. The van der Waals surface area contributed by atoms with E-state index in [0.29, 0.717) is 0 Å². The molecular formula is C28H34N2O5. The van der Waals surface area contributed by atoms with Gasteiger partial charge in [0.15, 0.2) is 0 Å². The third-order valence-corrected chi connectivity index (χ3v) is 7.14. The zero-order chi connectivity index (χ0) is 25.4. The molecule has 7 heteroatoms. The number of benzene rings is 2. The van der Waals surface area contributed by atoms with Gasteiger partial charge in [-0.1, -0.05) is 69.3 Å². The van der Waals surface area contributed by atoms with Crippen LogP contribution in [0.4, 0.5) is 4.79 Å². The molecule has 2 amide bonds.